The molecule has 0 bridgehead atoms. The Morgan fingerprint density at radius 3 is 2.48 bits per heavy atom. The summed E-state index contributed by atoms with van der Waals surface area (Å²) in [6.45, 7) is 5.34. The fraction of sp³-hybridized carbons (Fsp3) is 0.609. The Morgan fingerprint density at radius 1 is 1.13 bits per heavy atom. The number of carbonyl (C=O) groups is 3. The van der Waals surface area contributed by atoms with Crippen molar-refractivity contribution in [3.05, 3.63) is 35.9 Å². The average molecular weight is 433 g/mol. The van der Waals surface area contributed by atoms with Crippen molar-refractivity contribution >= 4 is 18.0 Å². The third-order valence-electron chi connectivity index (χ3n) is 5.58. The highest BCUT2D eigenvalue weighted by Gasteiger charge is 2.45. The van der Waals surface area contributed by atoms with E-state index in [0.717, 1.165) is 5.56 Å². The van der Waals surface area contributed by atoms with Gasteiger partial charge in [0.05, 0.1) is 6.10 Å². The summed E-state index contributed by atoms with van der Waals surface area (Å²) in [5.41, 5.74) is 0.157. The lowest BCUT2D eigenvalue weighted by Crippen LogP contribution is -2.56. The Bertz CT molecular complexity index is 791. The monoisotopic (exact) mass is 432 g/mol. The van der Waals surface area contributed by atoms with Crippen LogP contribution in [0.15, 0.2) is 30.3 Å². The van der Waals surface area contributed by atoms with Crippen LogP contribution in [0.5, 0.6) is 0 Å². The van der Waals surface area contributed by atoms with Crippen LogP contribution in [0.3, 0.4) is 0 Å². The fourth-order valence-electron chi connectivity index (χ4n) is 4.18. The molecule has 2 aliphatic heterocycles. The molecular formula is C23H32N2O6. The summed E-state index contributed by atoms with van der Waals surface area (Å²) in [5.74, 6) is -0.828. The van der Waals surface area contributed by atoms with Crippen molar-refractivity contribution < 1.29 is 29.0 Å². The minimum Gasteiger partial charge on any atom is -0.459 e. The summed E-state index contributed by atoms with van der Waals surface area (Å²) < 4.78 is 10.8. The van der Waals surface area contributed by atoms with Crippen LogP contribution in [0.2, 0.25) is 0 Å². The van der Waals surface area contributed by atoms with Gasteiger partial charge in [-0.25, -0.2) is 9.59 Å². The normalized spacial score (nSPS) is 26.5. The van der Waals surface area contributed by atoms with Gasteiger partial charge in [-0.05, 0) is 52.0 Å². The van der Waals surface area contributed by atoms with E-state index in [9.17, 15) is 19.5 Å². The average Bonchev–Trinajstić information content (AvgIpc) is 3.11. The molecule has 2 N–H and O–H groups in total. The highest BCUT2D eigenvalue weighted by molar-refractivity contribution is 5.90. The Kier molecular flexibility index (Phi) is 7.20. The van der Waals surface area contributed by atoms with Gasteiger partial charge in [0.15, 0.2) is 0 Å². The summed E-state index contributed by atoms with van der Waals surface area (Å²) in [6, 6.07) is 7.54. The Hall–Kier alpha value is -2.61. The minimum atomic E-state index is -0.963. The zero-order chi connectivity index (χ0) is 22.6. The number of hydrogen-bond acceptors (Lipinski definition) is 6. The predicted octanol–water partition coefficient (Wildman–Crippen LogP) is 2.53. The molecular weight excluding hydrogens is 400 g/mol. The van der Waals surface area contributed by atoms with Gasteiger partial charge in [-0.2, -0.15) is 0 Å². The summed E-state index contributed by atoms with van der Waals surface area (Å²) in [7, 11) is 0. The number of alkyl carbamates (subject to hydrolysis) is 1. The van der Waals surface area contributed by atoms with Crippen LogP contribution in [-0.4, -0.2) is 57.8 Å². The Balaban J connectivity index is 1.71. The van der Waals surface area contributed by atoms with Crippen molar-refractivity contribution in [2.75, 3.05) is 0 Å². The summed E-state index contributed by atoms with van der Waals surface area (Å²) in [4.78, 5) is 40.0. The molecule has 0 spiro atoms. The van der Waals surface area contributed by atoms with Gasteiger partial charge in [0, 0.05) is 12.5 Å². The second-order valence-electron chi connectivity index (χ2n) is 9.25. The number of nitrogens with one attached hydrogen (secondary N) is 1. The largest absolute Gasteiger partial charge is 0.459 e. The molecule has 170 valence electrons. The zero-order valence-corrected chi connectivity index (χ0v) is 18.4. The van der Waals surface area contributed by atoms with Crippen molar-refractivity contribution in [2.45, 2.75) is 89.3 Å². The number of rotatable bonds is 4. The third kappa shape index (κ3) is 6.19. The molecule has 0 aromatic heterocycles. The predicted molar refractivity (Wildman–Crippen MR) is 113 cm³/mol. The number of ether oxygens (including phenoxy) is 2. The molecule has 2 amide bonds. The molecule has 0 saturated carbocycles. The lowest BCUT2D eigenvalue weighted by atomic mass is 9.97. The molecule has 1 aromatic carbocycles. The van der Waals surface area contributed by atoms with Crippen LogP contribution in [0.4, 0.5) is 4.79 Å². The summed E-state index contributed by atoms with van der Waals surface area (Å²) in [5, 5.41) is 12.9. The number of esters is 1. The Morgan fingerprint density at radius 2 is 1.81 bits per heavy atom. The standard InChI is InChI=1S/C23H32N2O6/c1-23(2,3)31-22(29)24-18-13-17(26)11-9-16-10-12-19(25(16)20(18)27)21(28)30-14-15-7-5-4-6-8-15/h4-8,16-19,26H,9-14H2,1-3H3,(H,24,29)/t16-,17?,18-,19-/m0/s1. The lowest BCUT2D eigenvalue weighted by Gasteiger charge is -2.36. The first-order valence-electron chi connectivity index (χ1n) is 10.8. The molecule has 4 atom stereocenters. The SMILES string of the molecule is CC(C)(C)OC(=O)N[C@H]1CC(O)CC[C@H]2CC[C@@H](C(=O)OCc3ccccc3)N2C1=O. The molecule has 31 heavy (non-hydrogen) atoms. The van der Waals surface area contributed by atoms with Gasteiger partial charge < -0.3 is 24.8 Å². The zero-order valence-electron chi connectivity index (χ0n) is 18.4. The molecule has 3 rings (SSSR count). The number of fused-ring (bicyclic) bond motifs is 1. The molecule has 0 aliphatic carbocycles. The van der Waals surface area contributed by atoms with Crippen molar-refractivity contribution in [1.29, 1.82) is 0 Å². The van der Waals surface area contributed by atoms with Gasteiger partial charge in [0.1, 0.15) is 24.3 Å². The second kappa shape index (κ2) is 9.68. The minimum absolute atomic E-state index is 0.0765. The van der Waals surface area contributed by atoms with Crippen molar-refractivity contribution in [2.24, 2.45) is 0 Å². The molecule has 8 heteroatoms. The van der Waals surface area contributed by atoms with Crippen LogP contribution in [0, 0.1) is 0 Å². The summed E-state index contributed by atoms with van der Waals surface area (Å²) >= 11 is 0. The van der Waals surface area contributed by atoms with Crippen LogP contribution in [0.1, 0.15) is 58.4 Å². The van der Waals surface area contributed by atoms with E-state index in [0.29, 0.717) is 25.7 Å². The molecule has 2 heterocycles. The Labute approximate surface area is 182 Å². The molecule has 0 radical (unpaired) electrons. The number of amides is 2. The van der Waals surface area contributed by atoms with Gasteiger partial charge >= 0.3 is 12.1 Å². The first-order valence-corrected chi connectivity index (χ1v) is 10.8. The highest BCUT2D eigenvalue weighted by Crippen LogP contribution is 2.32. The third-order valence-corrected chi connectivity index (χ3v) is 5.58. The van der Waals surface area contributed by atoms with Gasteiger partial charge in [0.25, 0.3) is 0 Å². The van der Waals surface area contributed by atoms with Gasteiger partial charge in [-0.15, -0.1) is 0 Å². The fourth-order valence-corrected chi connectivity index (χ4v) is 4.18. The van der Waals surface area contributed by atoms with E-state index in [4.69, 9.17) is 9.47 Å². The van der Waals surface area contributed by atoms with Gasteiger partial charge in [-0.3, -0.25) is 4.79 Å². The quantitative estimate of drug-likeness (QED) is 0.709. The first kappa shape index (κ1) is 23.1. The van der Waals surface area contributed by atoms with E-state index in [1.54, 1.807) is 25.7 Å². The number of benzene rings is 1. The van der Waals surface area contributed by atoms with Crippen molar-refractivity contribution in [3.8, 4) is 0 Å². The second-order valence-corrected chi connectivity index (χ2v) is 9.25. The van der Waals surface area contributed by atoms with Crippen molar-refractivity contribution in [3.63, 3.8) is 0 Å². The van der Waals surface area contributed by atoms with Crippen LogP contribution < -0.4 is 5.32 Å². The number of hydrogen-bond donors (Lipinski definition) is 2. The number of nitrogens with zero attached hydrogens (tertiary/aromatic N) is 1. The number of aliphatic hydroxyl groups is 1. The highest BCUT2D eigenvalue weighted by atomic mass is 16.6. The summed E-state index contributed by atoms with van der Waals surface area (Å²) in [6.07, 6.45) is 0.892. The molecule has 2 saturated heterocycles. The lowest BCUT2D eigenvalue weighted by molar-refractivity contribution is -0.157. The maximum atomic E-state index is 13.4. The van der Waals surface area contributed by atoms with E-state index in [-0.39, 0.29) is 25.0 Å². The van der Waals surface area contributed by atoms with E-state index in [1.807, 2.05) is 30.3 Å². The van der Waals surface area contributed by atoms with Crippen LogP contribution >= 0.6 is 0 Å². The van der Waals surface area contributed by atoms with E-state index < -0.39 is 35.9 Å². The first-order chi connectivity index (χ1) is 14.6. The molecule has 1 unspecified atom stereocenters. The number of carbonyl (C=O) groups excluding carboxylic acids is 3. The van der Waals surface area contributed by atoms with E-state index in [2.05, 4.69) is 5.32 Å². The maximum Gasteiger partial charge on any atom is 0.408 e. The number of aliphatic hydroxyl groups excluding tert-OH is 1. The topological polar surface area (TPSA) is 105 Å². The van der Waals surface area contributed by atoms with Gasteiger partial charge in [0.2, 0.25) is 5.91 Å². The van der Waals surface area contributed by atoms with E-state index in [1.165, 1.54) is 0 Å². The van der Waals surface area contributed by atoms with Gasteiger partial charge in [-0.1, -0.05) is 30.3 Å². The molecule has 2 aliphatic rings. The maximum absolute atomic E-state index is 13.4. The van der Waals surface area contributed by atoms with E-state index >= 15 is 0 Å². The molecule has 1 aromatic rings. The molecule has 2 fully saturated rings. The smallest absolute Gasteiger partial charge is 0.408 e. The van der Waals surface area contributed by atoms with Crippen molar-refractivity contribution in [1.82, 2.24) is 10.2 Å². The van der Waals surface area contributed by atoms with Crippen LogP contribution in [0.25, 0.3) is 0 Å². The van der Waals surface area contributed by atoms with Crippen LogP contribution in [-0.2, 0) is 25.7 Å². The molecule has 8 nitrogen and oxygen atoms in total.